The van der Waals surface area contributed by atoms with Gasteiger partial charge in [0.1, 0.15) is 18.2 Å². The predicted molar refractivity (Wildman–Crippen MR) is 161 cm³/mol. The van der Waals surface area contributed by atoms with Crippen molar-refractivity contribution >= 4 is 28.6 Å². The van der Waals surface area contributed by atoms with Crippen molar-refractivity contribution in [3.05, 3.63) is 88.1 Å². The smallest absolute Gasteiger partial charge is 0.335 e. The molecule has 9 heteroatoms. The minimum Gasteiger partial charge on any atom is -0.478 e. The molecule has 1 aliphatic heterocycles. The van der Waals surface area contributed by atoms with Crippen LogP contribution in [-0.4, -0.2) is 38.8 Å². The van der Waals surface area contributed by atoms with E-state index in [1.54, 1.807) is 24.3 Å². The number of aromatic carboxylic acids is 1. The summed E-state index contributed by atoms with van der Waals surface area (Å²) in [6.07, 6.45) is 5.31. The molecular formula is C34H35ClFN3O4. The van der Waals surface area contributed by atoms with Gasteiger partial charge in [-0.1, -0.05) is 37.6 Å². The Morgan fingerprint density at radius 1 is 1.14 bits per heavy atom. The molecule has 1 spiro atoms. The summed E-state index contributed by atoms with van der Waals surface area (Å²) in [6, 6.07) is 15.8. The minimum atomic E-state index is -0.931. The molecule has 2 aliphatic carbocycles. The monoisotopic (exact) mass is 603 g/mol. The van der Waals surface area contributed by atoms with Gasteiger partial charge in [-0.15, -0.1) is 0 Å². The fourth-order valence-corrected chi connectivity index (χ4v) is 7.44. The van der Waals surface area contributed by atoms with Gasteiger partial charge in [0.25, 0.3) is 0 Å². The molecule has 7 rings (SSSR count). The first-order chi connectivity index (χ1) is 20.6. The van der Waals surface area contributed by atoms with Crippen LogP contribution in [-0.2, 0) is 11.3 Å². The van der Waals surface area contributed by atoms with Crippen molar-refractivity contribution in [2.45, 2.75) is 70.4 Å². The molecule has 2 aromatic heterocycles. The molecule has 2 saturated carbocycles. The summed E-state index contributed by atoms with van der Waals surface area (Å²) in [5.74, 6) is 0.915. The van der Waals surface area contributed by atoms with Crippen molar-refractivity contribution in [2.75, 3.05) is 13.2 Å². The second kappa shape index (κ2) is 10.6. The summed E-state index contributed by atoms with van der Waals surface area (Å²) in [5.41, 5.74) is 3.58. The summed E-state index contributed by atoms with van der Waals surface area (Å²) in [7, 11) is 0. The number of fused-ring (bicyclic) bond motifs is 1. The Labute approximate surface area is 255 Å². The Morgan fingerprint density at radius 2 is 1.95 bits per heavy atom. The van der Waals surface area contributed by atoms with Crippen LogP contribution in [0.4, 0.5) is 4.39 Å². The Balaban J connectivity index is 1.08. The molecule has 2 atom stereocenters. The molecule has 1 saturated heterocycles. The van der Waals surface area contributed by atoms with E-state index in [4.69, 9.17) is 31.0 Å². The molecular weight excluding hydrogens is 569 g/mol. The summed E-state index contributed by atoms with van der Waals surface area (Å²) < 4.78 is 28.3. The molecule has 0 bridgehead atoms. The van der Waals surface area contributed by atoms with Crippen LogP contribution < -0.4 is 4.74 Å². The first kappa shape index (κ1) is 28.3. The van der Waals surface area contributed by atoms with Gasteiger partial charge < -0.3 is 19.1 Å². The largest absolute Gasteiger partial charge is 0.478 e. The van der Waals surface area contributed by atoms with E-state index in [1.807, 2.05) is 18.2 Å². The summed E-state index contributed by atoms with van der Waals surface area (Å²) >= 11 is 5.87. The van der Waals surface area contributed by atoms with E-state index in [1.165, 1.54) is 6.07 Å². The highest BCUT2D eigenvalue weighted by molar-refractivity contribution is 6.30. The van der Waals surface area contributed by atoms with E-state index < -0.39 is 5.97 Å². The van der Waals surface area contributed by atoms with Crippen LogP contribution in [0.2, 0.25) is 5.02 Å². The second-order valence-electron chi connectivity index (χ2n) is 13.2. The molecule has 3 fully saturated rings. The summed E-state index contributed by atoms with van der Waals surface area (Å²) in [5, 5.41) is 10.0. The maximum Gasteiger partial charge on any atom is 0.335 e. The fraction of sp³-hybridized carbons (Fsp3) is 0.441. The zero-order chi connectivity index (χ0) is 29.9. The van der Waals surface area contributed by atoms with Gasteiger partial charge in [-0.25, -0.2) is 19.2 Å². The number of imidazole rings is 1. The lowest BCUT2D eigenvalue weighted by Gasteiger charge is -2.31. The second-order valence-corrected chi connectivity index (χ2v) is 13.6. The maximum absolute atomic E-state index is 14.2. The van der Waals surface area contributed by atoms with Gasteiger partial charge in [0.15, 0.2) is 0 Å². The highest BCUT2D eigenvalue weighted by atomic mass is 35.5. The molecule has 7 nitrogen and oxygen atoms in total. The van der Waals surface area contributed by atoms with Crippen molar-refractivity contribution < 1.29 is 23.8 Å². The molecule has 4 aromatic rings. The van der Waals surface area contributed by atoms with E-state index in [-0.39, 0.29) is 34.9 Å². The number of hydrogen-bond donors (Lipinski definition) is 1. The first-order valence-corrected chi connectivity index (χ1v) is 15.4. The molecule has 1 N–H and O–H groups in total. The zero-order valence-corrected chi connectivity index (χ0v) is 25.1. The molecule has 3 aliphatic rings. The standard InChI is InChI=1S/C34H35ClFN3O4/c1-33(2)19-42-18-29(33)39-28-14-21(32(40)41)7-9-27(28)38-31(39)24-16-34(24)12-10-20(11-13-34)26-4-3-5-30(37-26)43-17-22-6-8-23(35)15-25(22)36/h3-9,14-15,20,24,29H,10-13,16-19H2,1-2H3,(H,40,41). The van der Waals surface area contributed by atoms with Gasteiger partial charge in [0, 0.05) is 39.6 Å². The predicted octanol–water partition coefficient (Wildman–Crippen LogP) is 7.93. The average Bonchev–Trinajstić information content (AvgIpc) is 3.35. The van der Waals surface area contributed by atoms with E-state index in [0.29, 0.717) is 41.5 Å². The third-order valence-electron chi connectivity index (χ3n) is 9.96. The van der Waals surface area contributed by atoms with Crippen molar-refractivity contribution in [3.8, 4) is 5.88 Å². The molecule has 0 radical (unpaired) electrons. The number of aromatic nitrogens is 3. The van der Waals surface area contributed by atoms with Gasteiger partial charge in [-0.3, -0.25) is 0 Å². The molecule has 0 amide bonds. The number of carbonyl (C=O) groups is 1. The van der Waals surface area contributed by atoms with Gasteiger partial charge >= 0.3 is 5.97 Å². The highest BCUT2D eigenvalue weighted by Crippen LogP contribution is 2.68. The lowest BCUT2D eigenvalue weighted by molar-refractivity contribution is 0.0697. The van der Waals surface area contributed by atoms with Crippen molar-refractivity contribution in [3.63, 3.8) is 0 Å². The topological polar surface area (TPSA) is 86.5 Å². The van der Waals surface area contributed by atoms with Crippen LogP contribution in [0.25, 0.3) is 11.0 Å². The number of ether oxygens (including phenoxy) is 2. The number of carboxylic acids is 1. The van der Waals surface area contributed by atoms with Crippen LogP contribution in [0.15, 0.2) is 54.6 Å². The normalized spacial score (nSPS) is 26.2. The van der Waals surface area contributed by atoms with Gasteiger partial charge in [-0.05, 0) is 73.9 Å². The molecule has 3 heterocycles. The van der Waals surface area contributed by atoms with Crippen LogP contribution >= 0.6 is 11.6 Å². The highest BCUT2D eigenvalue weighted by Gasteiger charge is 2.58. The number of hydrogen-bond acceptors (Lipinski definition) is 5. The van der Waals surface area contributed by atoms with Crippen molar-refractivity contribution in [2.24, 2.45) is 10.8 Å². The van der Waals surface area contributed by atoms with Crippen LogP contribution in [0.5, 0.6) is 5.88 Å². The molecule has 2 unspecified atom stereocenters. The summed E-state index contributed by atoms with van der Waals surface area (Å²) in [4.78, 5) is 21.7. The number of pyridine rings is 1. The SMILES string of the molecule is CC1(C)COCC1n1c(C2CC23CCC(c2cccc(OCc4ccc(Cl)cc4F)n2)CC3)nc2ccc(C(=O)O)cc21. The number of nitrogens with zero attached hydrogens (tertiary/aromatic N) is 3. The Kier molecular flexibility index (Phi) is 6.97. The lowest BCUT2D eigenvalue weighted by atomic mass is 9.77. The molecule has 224 valence electrons. The average molecular weight is 604 g/mol. The van der Waals surface area contributed by atoms with Gasteiger partial charge in [0.2, 0.25) is 5.88 Å². The van der Waals surface area contributed by atoms with Gasteiger partial charge in [-0.2, -0.15) is 0 Å². The van der Waals surface area contributed by atoms with Crippen LogP contribution in [0.3, 0.4) is 0 Å². The minimum absolute atomic E-state index is 0.0839. The van der Waals surface area contributed by atoms with E-state index in [9.17, 15) is 14.3 Å². The third-order valence-corrected chi connectivity index (χ3v) is 10.2. The van der Waals surface area contributed by atoms with Crippen LogP contribution in [0, 0.1) is 16.6 Å². The third kappa shape index (κ3) is 5.18. The van der Waals surface area contributed by atoms with E-state index >= 15 is 0 Å². The fourth-order valence-electron chi connectivity index (χ4n) is 7.28. The maximum atomic E-state index is 14.2. The van der Waals surface area contributed by atoms with E-state index in [0.717, 1.165) is 54.7 Å². The van der Waals surface area contributed by atoms with Crippen LogP contribution in [0.1, 0.15) is 91.3 Å². The first-order valence-electron chi connectivity index (χ1n) is 15.0. The van der Waals surface area contributed by atoms with E-state index in [2.05, 4.69) is 24.5 Å². The Hall–Kier alpha value is -3.49. The Morgan fingerprint density at radius 3 is 2.67 bits per heavy atom. The summed E-state index contributed by atoms with van der Waals surface area (Å²) in [6.45, 7) is 5.78. The van der Waals surface area contributed by atoms with Crippen molar-refractivity contribution in [1.29, 1.82) is 0 Å². The van der Waals surface area contributed by atoms with Gasteiger partial charge in [0.05, 0.1) is 35.9 Å². The van der Waals surface area contributed by atoms with Crippen molar-refractivity contribution in [1.82, 2.24) is 14.5 Å². The number of halogens is 2. The molecule has 43 heavy (non-hydrogen) atoms. The Bertz CT molecular complexity index is 1710. The quantitative estimate of drug-likeness (QED) is 0.231. The lowest BCUT2D eigenvalue weighted by Crippen LogP contribution is -2.27. The number of carboxylic acid groups (broad SMARTS) is 1. The molecule has 2 aromatic carbocycles. The zero-order valence-electron chi connectivity index (χ0n) is 24.4. The number of rotatable bonds is 7. The number of benzene rings is 2.